The summed E-state index contributed by atoms with van der Waals surface area (Å²) in [5, 5.41) is 3.75. The Labute approximate surface area is 247 Å². The molecule has 0 unspecified atom stereocenters. The number of benzene rings is 3. The number of aryl methyl sites for hydroxylation is 1. The maximum absolute atomic E-state index is 14.1. The number of carbonyl (C=O) groups is 2. The molecule has 2 amide bonds. The number of anilines is 1. The second kappa shape index (κ2) is 13.1. The van der Waals surface area contributed by atoms with Gasteiger partial charge in [-0.3, -0.25) is 13.9 Å². The Kier molecular flexibility index (Phi) is 10.3. The minimum atomic E-state index is -3.84. The van der Waals surface area contributed by atoms with E-state index in [9.17, 15) is 18.0 Å². The Morgan fingerprint density at radius 3 is 2.20 bits per heavy atom. The largest absolute Gasteiger partial charge is 0.350 e. The number of nitrogens with one attached hydrogen (secondary N) is 1. The van der Waals surface area contributed by atoms with E-state index < -0.39 is 34.1 Å². The van der Waals surface area contributed by atoms with Gasteiger partial charge in [0.25, 0.3) is 0 Å². The normalized spacial score (nSPS) is 12.5. The average molecular weight is 605 g/mol. The van der Waals surface area contributed by atoms with E-state index >= 15 is 0 Å². The molecule has 3 aromatic rings. The fourth-order valence-corrected chi connectivity index (χ4v) is 5.55. The summed E-state index contributed by atoms with van der Waals surface area (Å²) in [7, 11) is -3.84. The van der Waals surface area contributed by atoms with E-state index in [4.69, 9.17) is 23.2 Å². The van der Waals surface area contributed by atoms with Gasteiger partial charge < -0.3 is 10.2 Å². The van der Waals surface area contributed by atoms with Crippen LogP contribution in [0.2, 0.25) is 10.0 Å². The van der Waals surface area contributed by atoms with Crippen molar-refractivity contribution in [3.63, 3.8) is 0 Å². The maximum atomic E-state index is 14.1. The van der Waals surface area contributed by atoms with Crippen LogP contribution >= 0.6 is 23.2 Å². The molecular weight excluding hydrogens is 569 g/mol. The second-order valence-corrected chi connectivity index (χ2v) is 13.6. The lowest BCUT2D eigenvalue weighted by molar-refractivity contribution is -0.140. The lowest BCUT2D eigenvalue weighted by Gasteiger charge is -2.35. The highest BCUT2D eigenvalue weighted by atomic mass is 35.5. The molecule has 0 aliphatic carbocycles. The lowest BCUT2D eigenvalue weighted by Crippen LogP contribution is -2.56. The Morgan fingerprint density at radius 1 is 0.950 bits per heavy atom. The number of carbonyl (C=O) groups excluding carboxylic acids is 2. The van der Waals surface area contributed by atoms with Gasteiger partial charge in [-0.15, -0.1) is 0 Å². The summed E-state index contributed by atoms with van der Waals surface area (Å²) in [6.07, 6.45) is 1.26. The van der Waals surface area contributed by atoms with E-state index in [1.54, 1.807) is 36.4 Å². The molecule has 10 heteroatoms. The maximum Gasteiger partial charge on any atom is 0.244 e. The predicted octanol–water partition coefficient (Wildman–Crippen LogP) is 5.62. The molecule has 1 N–H and O–H groups in total. The number of rotatable bonds is 10. The minimum Gasteiger partial charge on any atom is -0.350 e. The molecule has 214 valence electrons. The van der Waals surface area contributed by atoms with Gasteiger partial charge in [-0.1, -0.05) is 71.7 Å². The third-order valence-corrected chi connectivity index (χ3v) is 7.82. The molecule has 0 bridgehead atoms. The molecule has 0 heterocycles. The quantitative estimate of drug-likeness (QED) is 0.326. The summed E-state index contributed by atoms with van der Waals surface area (Å²) in [6, 6.07) is 20.2. The number of hydrogen-bond donors (Lipinski definition) is 1. The summed E-state index contributed by atoms with van der Waals surface area (Å²) in [4.78, 5) is 29.3. The van der Waals surface area contributed by atoms with Gasteiger partial charge in [0, 0.05) is 28.5 Å². The van der Waals surface area contributed by atoms with Crippen LogP contribution in [0.25, 0.3) is 0 Å². The zero-order valence-electron chi connectivity index (χ0n) is 23.3. The fourth-order valence-electron chi connectivity index (χ4n) is 4.24. The molecule has 0 radical (unpaired) electrons. The van der Waals surface area contributed by atoms with Crippen LogP contribution in [0.1, 0.15) is 37.5 Å². The molecule has 0 aromatic heterocycles. The first kappa shape index (κ1) is 31.5. The van der Waals surface area contributed by atoms with E-state index in [2.05, 4.69) is 5.32 Å². The first-order chi connectivity index (χ1) is 18.6. The van der Waals surface area contributed by atoms with Gasteiger partial charge in [-0.05, 0) is 68.7 Å². The topological polar surface area (TPSA) is 86.8 Å². The number of halogens is 2. The van der Waals surface area contributed by atoms with Crippen LogP contribution in [0.15, 0.2) is 72.8 Å². The number of hydrogen-bond acceptors (Lipinski definition) is 4. The molecule has 0 fully saturated rings. The van der Waals surface area contributed by atoms with Crippen molar-refractivity contribution in [2.75, 3.05) is 17.1 Å². The predicted molar refractivity (Wildman–Crippen MR) is 162 cm³/mol. The highest BCUT2D eigenvalue weighted by molar-refractivity contribution is 7.92. The summed E-state index contributed by atoms with van der Waals surface area (Å²) in [5.74, 6) is -0.917. The van der Waals surface area contributed by atoms with Crippen LogP contribution in [-0.2, 0) is 32.6 Å². The van der Waals surface area contributed by atoms with Crippen molar-refractivity contribution in [3.05, 3.63) is 99.5 Å². The van der Waals surface area contributed by atoms with Crippen molar-refractivity contribution in [1.82, 2.24) is 10.2 Å². The first-order valence-corrected chi connectivity index (χ1v) is 15.4. The van der Waals surface area contributed by atoms with Crippen molar-refractivity contribution in [1.29, 1.82) is 0 Å². The Bertz CT molecular complexity index is 1460. The van der Waals surface area contributed by atoms with Crippen molar-refractivity contribution in [2.45, 2.75) is 52.2 Å². The third-order valence-electron chi connectivity index (χ3n) is 6.09. The molecule has 7 nitrogen and oxygen atoms in total. The number of amides is 2. The van der Waals surface area contributed by atoms with Crippen LogP contribution in [0.3, 0.4) is 0 Å². The molecule has 0 spiro atoms. The second-order valence-electron chi connectivity index (χ2n) is 10.8. The van der Waals surface area contributed by atoms with Gasteiger partial charge in [0.15, 0.2) is 0 Å². The van der Waals surface area contributed by atoms with Gasteiger partial charge >= 0.3 is 0 Å². The van der Waals surface area contributed by atoms with Gasteiger partial charge in [0.05, 0.1) is 11.9 Å². The summed E-state index contributed by atoms with van der Waals surface area (Å²) in [6.45, 7) is 6.88. The van der Waals surface area contributed by atoms with Crippen molar-refractivity contribution >= 4 is 50.7 Å². The summed E-state index contributed by atoms with van der Waals surface area (Å²) < 4.78 is 26.8. The zero-order chi connectivity index (χ0) is 29.7. The summed E-state index contributed by atoms with van der Waals surface area (Å²) in [5.41, 5.74) is 2.05. The molecule has 1 atom stereocenters. The number of nitrogens with zero attached hydrogens (tertiary/aromatic N) is 2. The van der Waals surface area contributed by atoms with Crippen LogP contribution in [0, 0.1) is 6.92 Å². The lowest BCUT2D eigenvalue weighted by atomic mass is 10.0. The summed E-state index contributed by atoms with van der Waals surface area (Å²) >= 11 is 12.6. The molecule has 0 aliphatic rings. The fraction of sp³-hybridized carbons (Fsp3) is 0.333. The molecular formula is C30H35Cl2N3O4S. The Balaban J connectivity index is 2.10. The van der Waals surface area contributed by atoms with Crippen molar-refractivity contribution < 1.29 is 18.0 Å². The minimum absolute atomic E-state index is 0.0324. The standard InChI is InChI=1S/C30H35Cl2N3O4S/c1-21-10-9-13-25(16-21)35(40(5,38)39)20-28(36)34(19-23-14-15-24(31)18-26(23)32)27(29(37)33-30(2,3)4)17-22-11-7-6-8-12-22/h6-16,18,27H,17,19-20H2,1-5H3,(H,33,37)/t27-/m1/s1. The molecule has 0 saturated carbocycles. The van der Waals surface area contributed by atoms with Gasteiger partial charge in [0.2, 0.25) is 21.8 Å². The highest BCUT2D eigenvalue weighted by Crippen LogP contribution is 2.25. The molecule has 0 aliphatic heterocycles. The van der Waals surface area contributed by atoms with Crippen molar-refractivity contribution in [2.24, 2.45) is 0 Å². The highest BCUT2D eigenvalue weighted by Gasteiger charge is 2.34. The average Bonchev–Trinajstić information content (AvgIpc) is 2.84. The third kappa shape index (κ3) is 8.98. The first-order valence-electron chi connectivity index (χ1n) is 12.8. The Morgan fingerprint density at radius 2 is 1.62 bits per heavy atom. The van der Waals surface area contributed by atoms with E-state index in [0.717, 1.165) is 21.7 Å². The van der Waals surface area contributed by atoms with E-state index in [-0.39, 0.29) is 18.9 Å². The van der Waals surface area contributed by atoms with E-state index in [1.807, 2.05) is 64.1 Å². The van der Waals surface area contributed by atoms with E-state index in [1.165, 1.54) is 4.90 Å². The molecule has 0 saturated heterocycles. The number of sulfonamides is 1. The van der Waals surface area contributed by atoms with Crippen LogP contribution in [-0.4, -0.2) is 49.5 Å². The molecule has 3 rings (SSSR count). The monoisotopic (exact) mass is 603 g/mol. The van der Waals surface area contributed by atoms with Crippen molar-refractivity contribution in [3.8, 4) is 0 Å². The van der Waals surface area contributed by atoms with Gasteiger partial charge in [-0.25, -0.2) is 8.42 Å². The van der Waals surface area contributed by atoms with Crippen LogP contribution in [0.5, 0.6) is 0 Å². The molecule has 40 heavy (non-hydrogen) atoms. The van der Waals surface area contributed by atoms with Crippen LogP contribution < -0.4 is 9.62 Å². The van der Waals surface area contributed by atoms with Gasteiger partial charge in [0.1, 0.15) is 12.6 Å². The SMILES string of the molecule is Cc1cccc(N(CC(=O)N(Cc2ccc(Cl)cc2Cl)[C@H](Cc2ccccc2)C(=O)NC(C)(C)C)S(C)(=O)=O)c1. The molecule has 3 aromatic carbocycles. The van der Waals surface area contributed by atoms with Crippen LogP contribution in [0.4, 0.5) is 5.69 Å². The Hall–Kier alpha value is -3.07. The smallest absolute Gasteiger partial charge is 0.244 e. The zero-order valence-corrected chi connectivity index (χ0v) is 25.6. The van der Waals surface area contributed by atoms with Gasteiger partial charge in [-0.2, -0.15) is 0 Å². The van der Waals surface area contributed by atoms with E-state index in [0.29, 0.717) is 21.3 Å².